The topological polar surface area (TPSA) is 51.0 Å². The number of nitrogens with one attached hydrogen (secondary N) is 1. The molecule has 0 saturated heterocycles. The summed E-state index contributed by atoms with van der Waals surface area (Å²) in [5.41, 5.74) is 0.220. The minimum Gasteiger partial charge on any atom is -0.338 e. The van der Waals surface area contributed by atoms with Crippen LogP contribution in [0.2, 0.25) is 0 Å². The van der Waals surface area contributed by atoms with Crippen LogP contribution in [0.4, 0.5) is 0 Å². The number of nitrogens with zero attached hydrogens (tertiary/aromatic N) is 2. The first-order chi connectivity index (χ1) is 7.26. The van der Waals surface area contributed by atoms with E-state index in [0.29, 0.717) is 0 Å². The Hall–Kier alpha value is -0.900. The summed E-state index contributed by atoms with van der Waals surface area (Å²) in [4.78, 5) is 4.42. The van der Waals surface area contributed by atoms with Crippen LogP contribution >= 0.6 is 0 Å². The third-order valence-electron chi connectivity index (χ3n) is 3.41. The van der Waals surface area contributed by atoms with Crippen molar-refractivity contribution in [3.63, 3.8) is 0 Å². The van der Waals surface area contributed by atoms with E-state index in [2.05, 4.69) is 22.4 Å². The molecule has 2 aliphatic carbocycles. The second-order valence-electron chi connectivity index (χ2n) is 5.15. The lowest BCUT2D eigenvalue weighted by atomic mass is 10.1. The Morgan fingerprint density at radius 1 is 1.47 bits per heavy atom. The molecule has 0 bridgehead atoms. The molecule has 15 heavy (non-hydrogen) atoms. The van der Waals surface area contributed by atoms with Gasteiger partial charge in [-0.1, -0.05) is 12.1 Å². The van der Waals surface area contributed by atoms with Crippen LogP contribution in [0.3, 0.4) is 0 Å². The predicted molar refractivity (Wildman–Crippen MR) is 55.3 cm³/mol. The lowest BCUT2D eigenvalue weighted by molar-refractivity contribution is 0.359. The Bertz CT molecular complexity index is 352. The SMILES string of the molecule is CC1(c2noc(CNCC3CC3)n2)CC1. The maximum Gasteiger partial charge on any atom is 0.240 e. The van der Waals surface area contributed by atoms with Gasteiger partial charge >= 0.3 is 0 Å². The summed E-state index contributed by atoms with van der Waals surface area (Å²) in [6, 6.07) is 0. The smallest absolute Gasteiger partial charge is 0.240 e. The predicted octanol–water partition coefficient (Wildman–Crippen LogP) is 1.62. The van der Waals surface area contributed by atoms with Gasteiger partial charge in [-0.25, -0.2) is 0 Å². The van der Waals surface area contributed by atoms with Gasteiger partial charge in [-0.3, -0.25) is 0 Å². The van der Waals surface area contributed by atoms with Crippen molar-refractivity contribution >= 4 is 0 Å². The number of hydrogen-bond donors (Lipinski definition) is 1. The number of aromatic nitrogens is 2. The summed E-state index contributed by atoms with van der Waals surface area (Å²) in [5, 5.41) is 7.39. The van der Waals surface area contributed by atoms with E-state index >= 15 is 0 Å². The zero-order chi connectivity index (χ0) is 10.3. The van der Waals surface area contributed by atoms with Crippen molar-refractivity contribution in [2.45, 2.75) is 44.6 Å². The second kappa shape index (κ2) is 3.30. The molecular weight excluding hydrogens is 190 g/mol. The average molecular weight is 207 g/mol. The lowest BCUT2D eigenvalue weighted by Crippen LogP contribution is -2.16. The lowest BCUT2D eigenvalue weighted by Gasteiger charge is -1.98. The Kier molecular flexibility index (Phi) is 2.06. The molecule has 2 saturated carbocycles. The summed E-state index contributed by atoms with van der Waals surface area (Å²) >= 11 is 0. The molecule has 1 aromatic rings. The van der Waals surface area contributed by atoms with E-state index in [-0.39, 0.29) is 5.41 Å². The highest BCUT2D eigenvalue weighted by atomic mass is 16.5. The molecule has 82 valence electrons. The van der Waals surface area contributed by atoms with Crippen molar-refractivity contribution in [3.05, 3.63) is 11.7 Å². The van der Waals surface area contributed by atoms with Gasteiger partial charge in [-0.15, -0.1) is 0 Å². The maximum atomic E-state index is 5.21. The van der Waals surface area contributed by atoms with Gasteiger partial charge in [0.25, 0.3) is 0 Å². The van der Waals surface area contributed by atoms with Crippen LogP contribution in [0.15, 0.2) is 4.52 Å². The molecule has 0 radical (unpaired) electrons. The Morgan fingerprint density at radius 3 is 2.93 bits per heavy atom. The van der Waals surface area contributed by atoms with E-state index in [4.69, 9.17) is 4.52 Å². The first-order valence-electron chi connectivity index (χ1n) is 5.80. The van der Waals surface area contributed by atoms with E-state index in [1.54, 1.807) is 0 Å². The summed E-state index contributed by atoms with van der Waals surface area (Å²) in [5.74, 6) is 2.53. The third kappa shape index (κ3) is 2.04. The van der Waals surface area contributed by atoms with Gasteiger partial charge in [0.2, 0.25) is 5.89 Å². The second-order valence-corrected chi connectivity index (χ2v) is 5.15. The van der Waals surface area contributed by atoms with Gasteiger partial charge in [0, 0.05) is 5.41 Å². The van der Waals surface area contributed by atoms with Crippen LogP contribution in [-0.4, -0.2) is 16.7 Å². The highest BCUT2D eigenvalue weighted by Crippen LogP contribution is 2.45. The molecule has 3 rings (SSSR count). The van der Waals surface area contributed by atoms with Crippen molar-refractivity contribution in [2.24, 2.45) is 5.92 Å². The van der Waals surface area contributed by atoms with Crippen molar-refractivity contribution in [3.8, 4) is 0 Å². The molecule has 2 fully saturated rings. The number of hydrogen-bond acceptors (Lipinski definition) is 4. The molecule has 0 spiro atoms. The van der Waals surface area contributed by atoms with E-state index < -0.39 is 0 Å². The molecule has 4 heteroatoms. The molecule has 0 aromatic carbocycles. The van der Waals surface area contributed by atoms with Gasteiger partial charge in [0.05, 0.1) is 6.54 Å². The van der Waals surface area contributed by atoms with Gasteiger partial charge in [0.15, 0.2) is 5.82 Å². The average Bonchev–Trinajstić information content (AvgIpc) is 3.11. The maximum absolute atomic E-state index is 5.21. The Morgan fingerprint density at radius 2 is 2.27 bits per heavy atom. The Balaban J connectivity index is 1.53. The quantitative estimate of drug-likeness (QED) is 0.797. The summed E-state index contributed by atoms with van der Waals surface area (Å²) in [6.07, 6.45) is 5.14. The zero-order valence-electron chi connectivity index (χ0n) is 9.12. The molecule has 2 aliphatic rings. The summed E-state index contributed by atoms with van der Waals surface area (Å²) in [6.45, 7) is 4.01. The van der Waals surface area contributed by atoms with Crippen LogP contribution in [-0.2, 0) is 12.0 Å². The van der Waals surface area contributed by atoms with E-state index in [1.165, 1.54) is 25.7 Å². The largest absolute Gasteiger partial charge is 0.338 e. The fraction of sp³-hybridized carbons (Fsp3) is 0.818. The normalized spacial score (nSPS) is 23.0. The first kappa shape index (κ1) is 9.33. The number of rotatable bonds is 5. The van der Waals surface area contributed by atoms with Crippen molar-refractivity contribution in [1.29, 1.82) is 0 Å². The minimum atomic E-state index is 0.220. The molecule has 4 nitrogen and oxygen atoms in total. The van der Waals surface area contributed by atoms with Crippen molar-refractivity contribution in [2.75, 3.05) is 6.54 Å². The molecule has 1 aromatic heterocycles. The highest BCUT2D eigenvalue weighted by Gasteiger charge is 2.43. The molecule has 0 unspecified atom stereocenters. The van der Waals surface area contributed by atoms with Crippen LogP contribution in [0.5, 0.6) is 0 Å². The Labute approximate surface area is 89.4 Å². The molecule has 0 atom stereocenters. The molecule has 1 N–H and O–H groups in total. The molecule has 1 heterocycles. The minimum absolute atomic E-state index is 0.220. The van der Waals surface area contributed by atoms with Crippen LogP contribution in [0, 0.1) is 5.92 Å². The van der Waals surface area contributed by atoms with Gasteiger partial charge in [-0.05, 0) is 38.1 Å². The van der Waals surface area contributed by atoms with Crippen LogP contribution in [0.25, 0.3) is 0 Å². The monoisotopic (exact) mass is 207 g/mol. The van der Waals surface area contributed by atoms with Crippen LogP contribution in [0.1, 0.15) is 44.3 Å². The van der Waals surface area contributed by atoms with Gasteiger partial charge in [-0.2, -0.15) is 4.98 Å². The highest BCUT2D eigenvalue weighted by molar-refractivity contribution is 5.14. The first-order valence-corrected chi connectivity index (χ1v) is 5.80. The summed E-state index contributed by atoms with van der Waals surface area (Å²) < 4.78 is 5.21. The standard InChI is InChI=1S/C11H17N3O/c1-11(4-5-11)10-13-9(15-14-10)7-12-6-8-2-3-8/h8,12H,2-7H2,1H3. The molecular formula is C11H17N3O. The summed E-state index contributed by atoms with van der Waals surface area (Å²) in [7, 11) is 0. The van der Waals surface area contributed by atoms with E-state index in [9.17, 15) is 0 Å². The zero-order valence-corrected chi connectivity index (χ0v) is 9.12. The van der Waals surface area contributed by atoms with Gasteiger partial charge in [0.1, 0.15) is 0 Å². The van der Waals surface area contributed by atoms with E-state index in [1.807, 2.05) is 0 Å². The fourth-order valence-electron chi connectivity index (χ4n) is 1.69. The molecule has 0 aliphatic heterocycles. The molecule has 0 amide bonds. The van der Waals surface area contributed by atoms with Gasteiger partial charge < -0.3 is 9.84 Å². The van der Waals surface area contributed by atoms with E-state index in [0.717, 1.165) is 30.7 Å². The fourth-order valence-corrected chi connectivity index (χ4v) is 1.69. The van der Waals surface area contributed by atoms with Crippen molar-refractivity contribution in [1.82, 2.24) is 15.5 Å². The third-order valence-corrected chi connectivity index (χ3v) is 3.41. The van der Waals surface area contributed by atoms with Crippen molar-refractivity contribution < 1.29 is 4.52 Å². The van der Waals surface area contributed by atoms with Crippen LogP contribution < -0.4 is 5.32 Å².